The van der Waals surface area contributed by atoms with E-state index in [1.165, 1.54) is 22.5 Å². The zero-order chi connectivity index (χ0) is 19.3. The van der Waals surface area contributed by atoms with E-state index in [-0.39, 0.29) is 10.7 Å². The van der Waals surface area contributed by atoms with Gasteiger partial charge in [0.05, 0.1) is 22.0 Å². The first kappa shape index (κ1) is 19.9. The molecular formula is C17H24N4O4S. The first-order valence-corrected chi connectivity index (χ1v) is 9.90. The van der Waals surface area contributed by atoms with E-state index < -0.39 is 15.9 Å². The molecule has 0 bridgehead atoms. The van der Waals surface area contributed by atoms with Crippen LogP contribution in [0.25, 0.3) is 0 Å². The molecule has 0 unspecified atom stereocenters. The van der Waals surface area contributed by atoms with Gasteiger partial charge in [-0.05, 0) is 32.0 Å². The summed E-state index contributed by atoms with van der Waals surface area (Å²) in [5.41, 5.74) is 1.56. The second kappa shape index (κ2) is 8.33. The molecule has 2 N–H and O–H groups in total. The van der Waals surface area contributed by atoms with Crippen LogP contribution >= 0.6 is 0 Å². The van der Waals surface area contributed by atoms with E-state index in [2.05, 4.69) is 15.8 Å². The lowest BCUT2D eigenvalue weighted by Crippen LogP contribution is -2.30. The summed E-state index contributed by atoms with van der Waals surface area (Å²) in [4.78, 5) is 12.5. The van der Waals surface area contributed by atoms with E-state index in [9.17, 15) is 13.2 Å². The first-order chi connectivity index (χ1) is 12.3. The molecule has 0 aliphatic carbocycles. The molecule has 0 radical (unpaired) electrons. The van der Waals surface area contributed by atoms with E-state index in [0.29, 0.717) is 36.7 Å². The van der Waals surface area contributed by atoms with Crippen LogP contribution in [0.4, 0.5) is 11.4 Å². The number of carbonyl (C=O) groups is 1. The van der Waals surface area contributed by atoms with E-state index in [0.717, 1.165) is 0 Å². The van der Waals surface area contributed by atoms with Crippen LogP contribution in [0.3, 0.4) is 0 Å². The highest BCUT2D eigenvalue weighted by molar-refractivity contribution is 7.89. The fourth-order valence-corrected chi connectivity index (χ4v) is 3.98. The maximum Gasteiger partial charge on any atom is 0.294 e. The number of aromatic nitrogens is 1. The Hall–Kier alpha value is -2.39. The summed E-state index contributed by atoms with van der Waals surface area (Å²) in [6, 6.07) is 6.13. The molecule has 1 heterocycles. The van der Waals surface area contributed by atoms with Crippen LogP contribution in [0.5, 0.6) is 0 Å². The van der Waals surface area contributed by atoms with Gasteiger partial charge in [-0.3, -0.25) is 4.79 Å². The number of nitrogens with zero attached hydrogens (tertiary/aromatic N) is 2. The van der Waals surface area contributed by atoms with Gasteiger partial charge in [-0.25, -0.2) is 8.42 Å². The highest BCUT2D eigenvalue weighted by atomic mass is 32.2. The highest BCUT2D eigenvalue weighted by Gasteiger charge is 2.23. The summed E-state index contributed by atoms with van der Waals surface area (Å²) in [6.45, 7) is 8.53. The summed E-state index contributed by atoms with van der Waals surface area (Å²) < 4.78 is 31.8. The topological polar surface area (TPSA) is 105 Å². The normalized spacial score (nSPS) is 11.6. The Labute approximate surface area is 153 Å². The van der Waals surface area contributed by atoms with Crippen LogP contribution in [-0.2, 0) is 10.0 Å². The molecule has 1 aromatic heterocycles. The lowest BCUT2D eigenvalue weighted by Gasteiger charge is -2.20. The number of aryl methyl sites for hydroxylation is 1. The smallest absolute Gasteiger partial charge is 0.294 e. The molecule has 0 fully saturated rings. The van der Waals surface area contributed by atoms with Crippen molar-refractivity contribution in [1.82, 2.24) is 9.46 Å². The summed E-state index contributed by atoms with van der Waals surface area (Å²) in [5.74, 6) is -0.441. The molecule has 1 aromatic carbocycles. The minimum absolute atomic E-state index is 0.0574. The molecule has 142 valence electrons. The molecule has 26 heavy (non-hydrogen) atoms. The number of nitrogens with one attached hydrogen (secondary N) is 2. The third kappa shape index (κ3) is 4.23. The van der Waals surface area contributed by atoms with Crippen LogP contribution in [0, 0.1) is 6.92 Å². The van der Waals surface area contributed by atoms with Gasteiger partial charge in [0, 0.05) is 25.7 Å². The quantitative estimate of drug-likeness (QED) is 0.730. The SMILES string of the molecule is CCNc1ccc(S(=O)(=O)N(CC)CC)cc1NC(=O)c1cc(C)no1. The summed E-state index contributed by atoms with van der Waals surface area (Å²) in [5, 5.41) is 9.49. The van der Waals surface area contributed by atoms with Crippen molar-refractivity contribution in [3.05, 3.63) is 35.7 Å². The minimum atomic E-state index is -3.63. The molecule has 0 spiro atoms. The Morgan fingerprint density at radius 2 is 1.85 bits per heavy atom. The number of rotatable bonds is 8. The van der Waals surface area contributed by atoms with Crippen molar-refractivity contribution in [2.24, 2.45) is 0 Å². The molecule has 2 aromatic rings. The molecule has 2 rings (SSSR count). The van der Waals surface area contributed by atoms with Gasteiger partial charge in [0.15, 0.2) is 0 Å². The monoisotopic (exact) mass is 380 g/mol. The Bertz CT molecular complexity index is 873. The largest absolute Gasteiger partial charge is 0.384 e. The Morgan fingerprint density at radius 1 is 1.15 bits per heavy atom. The van der Waals surface area contributed by atoms with Crippen LogP contribution < -0.4 is 10.6 Å². The molecule has 0 atom stereocenters. The third-order valence-corrected chi connectivity index (χ3v) is 5.85. The average molecular weight is 380 g/mol. The van der Waals surface area contributed by atoms with Gasteiger partial charge in [-0.2, -0.15) is 4.31 Å². The molecular weight excluding hydrogens is 356 g/mol. The number of benzene rings is 1. The standard InChI is InChI=1S/C17H24N4O4S/c1-5-18-14-9-8-13(26(23,24)21(6-2)7-3)11-15(14)19-17(22)16-10-12(4)20-25-16/h8-11,18H,5-7H2,1-4H3,(H,19,22). The minimum Gasteiger partial charge on any atom is -0.384 e. The Balaban J connectivity index is 2.41. The van der Waals surface area contributed by atoms with E-state index in [1.54, 1.807) is 26.8 Å². The van der Waals surface area contributed by atoms with Crippen molar-refractivity contribution < 1.29 is 17.7 Å². The van der Waals surface area contributed by atoms with Gasteiger partial charge in [0.2, 0.25) is 15.8 Å². The number of sulfonamides is 1. The lowest BCUT2D eigenvalue weighted by molar-refractivity contribution is 0.0988. The predicted octanol–water partition coefficient (Wildman–Crippen LogP) is 2.70. The van der Waals surface area contributed by atoms with Crippen LogP contribution in [0.15, 0.2) is 33.7 Å². The molecule has 1 amide bonds. The zero-order valence-electron chi connectivity index (χ0n) is 15.4. The maximum absolute atomic E-state index is 12.7. The summed E-state index contributed by atoms with van der Waals surface area (Å²) >= 11 is 0. The van der Waals surface area contributed by atoms with E-state index in [1.807, 2.05) is 6.92 Å². The Kier molecular flexibility index (Phi) is 6.38. The molecule has 0 aliphatic heterocycles. The van der Waals surface area contributed by atoms with Crippen LogP contribution in [0.1, 0.15) is 37.0 Å². The summed E-state index contributed by atoms with van der Waals surface area (Å²) in [7, 11) is -3.63. The van der Waals surface area contributed by atoms with E-state index >= 15 is 0 Å². The second-order valence-electron chi connectivity index (χ2n) is 5.61. The number of amides is 1. The van der Waals surface area contributed by atoms with Crippen molar-refractivity contribution in [1.29, 1.82) is 0 Å². The molecule has 0 saturated carbocycles. The van der Waals surface area contributed by atoms with Crippen molar-refractivity contribution in [2.75, 3.05) is 30.3 Å². The highest BCUT2D eigenvalue weighted by Crippen LogP contribution is 2.28. The van der Waals surface area contributed by atoms with Crippen molar-refractivity contribution >= 4 is 27.3 Å². The number of carbonyl (C=O) groups excluding carboxylic acids is 1. The maximum atomic E-state index is 12.7. The van der Waals surface area contributed by atoms with Gasteiger partial charge < -0.3 is 15.2 Å². The Morgan fingerprint density at radius 3 is 2.38 bits per heavy atom. The predicted molar refractivity (Wildman–Crippen MR) is 99.9 cm³/mol. The molecule has 9 heteroatoms. The first-order valence-electron chi connectivity index (χ1n) is 8.46. The van der Waals surface area contributed by atoms with Crippen molar-refractivity contribution in [3.63, 3.8) is 0 Å². The van der Waals surface area contributed by atoms with Crippen LogP contribution in [0.2, 0.25) is 0 Å². The fourth-order valence-electron chi connectivity index (χ4n) is 2.50. The molecule has 0 aliphatic rings. The van der Waals surface area contributed by atoms with Gasteiger partial charge >= 0.3 is 0 Å². The van der Waals surface area contributed by atoms with Crippen molar-refractivity contribution in [3.8, 4) is 0 Å². The molecule has 8 nitrogen and oxygen atoms in total. The van der Waals surface area contributed by atoms with Gasteiger partial charge in [-0.15, -0.1) is 0 Å². The van der Waals surface area contributed by atoms with Gasteiger partial charge in [-0.1, -0.05) is 19.0 Å². The van der Waals surface area contributed by atoms with Crippen molar-refractivity contribution in [2.45, 2.75) is 32.6 Å². The number of hydrogen-bond acceptors (Lipinski definition) is 6. The number of hydrogen-bond donors (Lipinski definition) is 2. The fraction of sp³-hybridized carbons (Fsp3) is 0.412. The second-order valence-corrected chi connectivity index (χ2v) is 7.55. The lowest BCUT2D eigenvalue weighted by atomic mass is 10.2. The number of anilines is 2. The van der Waals surface area contributed by atoms with E-state index in [4.69, 9.17) is 4.52 Å². The third-order valence-electron chi connectivity index (χ3n) is 3.80. The van der Waals surface area contributed by atoms with Gasteiger partial charge in [0.25, 0.3) is 5.91 Å². The molecule has 0 saturated heterocycles. The summed E-state index contributed by atoms with van der Waals surface area (Å²) in [6.07, 6.45) is 0. The zero-order valence-corrected chi connectivity index (χ0v) is 16.2. The van der Waals surface area contributed by atoms with Gasteiger partial charge in [0.1, 0.15) is 0 Å². The average Bonchev–Trinajstić information content (AvgIpc) is 3.04. The van der Waals surface area contributed by atoms with Crippen LogP contribution in [-0.4, -0.2) is 43.4 Å².